The molecule has 0 aliphatic carbocycles. The molecule has 4 amide bonds. The van der Waals surface area contributed by atoms with Gasteiger partial charge in [-0.1, -0.05) is 36.4 Å². The van der Waals surface area contributed by atoms with E-state index < -0.39 is 33.4 Å². The van der Waals surface area contributed by atoms with Crippen LogP contribution < -0.4 is 20.1 Å². The fraction of sp³-hybridized carbons (Fsp3) is 0.542. The van der Waals surface area contributed by atoms with Crippen LogP contribution in [0.1, 0.15) is 114 Å². The average Bonchev–Trinajstić information content (AvgIpc) is 3.54. The molecule has 14 nitrogen and oxygen atoms in total. The molecule has 4 fully saturated rings. The van der Waals surface area contributed by atoms with Crippen molar-refractivity contribution in [1.29, 1.82) is 0 Å². The topological polar surface area (TPSA) is 158 Å². The average molecular weight is 883 g/mol. The second-order valence-electron chi connectivity index (χ2n) is 18.0. The molecule has 0 aromatic heterocycles. The Kier molecular flexibility index (Phi) is 13.9. The Balaban J connectivity index is 0.791. The first-order valence-corrected chi connectivity index (χ1v) is 24.8. The predicted octanol–water partition coefficient (Wildman–Crippen LogP) is 5.22. The lowest BCUT2D eigenvalue weighted by Crippen LogP contribution is -2.50. The summed E-state index contributed by atoms with van der Waals surface area (Å²) in [5.74, 6) is -0.636. The molecule has 338 valence electrons. The molecule has 5 aliphatic rings. The zero-order chi connectivity index (χ0) is 44.3. The SMILES string of the molecule is CCOc1cc([C@@H](CS(C)(=O)=O)N2C(=O)c3cccc(NC4CCN(C5CCN(CCN6CCC(c7ccc(C8CCC(=O)NC8=O)cc7)CC6)CC5)CC4)c3C2=O)ccc1OC. The molecule has 2 atom stereocenters. The minimum Gasteiger partial charge on any atom is -0.493 e. The molecule has 3 aromatic carbocycles. The van der Waals surface area contributed by atoms with E-state index in [0.29, 0.717) is 54.2 Å². The van der Waals surface area contributed by atoms with Gasteiger partial charge in [0.05, 0.1) is 42.6 Å². The lowest BCUT2D eigenvalue weighted by Gasteiger charge is -2.42. The summed E-state index contributed by atoms with van der Waals surface area (Å²) in [5.41, 5.74) is 3.97. The maximum atomic E-state index is 14.2. The number of nitrogens with zero attached hydrogens (tertiary/aromatic N) is 4. The monoisotopic (exact) mass is 882 g/mol. The lowest BCUT2D eigenvalue weighted by molar-refractivity contribution is -0.134. The van der Waals surface area contributed by atoms with E-state index in [1.165, 1.54) is 12.7 Å². The summed E-state index contributed by atoms with van der Waals surface area (Å²) >= 11 is 0. The quantitative estimate of drug-likeness (QED) is 0.192. The van der Waals surface area contributed by atoms with Crippen molar-refractivity contribution in [2.75, 3.05) is 83.4 Å². The summed E-state index contributed by atoms with van der Waals surface area (Å²) < 4.78 is 36.6. The van der Waals surface area contributed by atoms with Crippen molar-refractivity contribution in [3.05, 3.63) is 88.5 Å². The number of anilines is 1. The maximum Gasteiger partial charge on any atom is 0.264 e. The third kappa shape index (κ3) is 10.3. The zero-order valence-electron chi connectivity index (χ0n) is 36.9. The molecule has 5 aliphatic heterocycles. The van der Waals surface area contributed by atoms with Gasteiger partial charge in [0, 0.05) is 56.6 Å². The van der Waals surface area contributed by atoms with Crippen LogP contribution in [-0.4, -0.2) is 142 Å². The van der Waals surface area contributed by atoms with Crippen molar-refractivity contribution in [3.63, 3.8) is 0 Å². The number of benzene rings is 3. The van der Waals surface area contributed by atoms with E-state index in [1.807, 2.05) is 13.0 Å². The van der Waals surface area contributed by atoms with Gasteiger partial charge >= 0.3 is 0 Å². The summed E-state index contributed by atoms with van der Waals surface area (Å²) in [4.78, 5) is 61.0. The van der Waals surface area contributed by atoms with Crippen LogP contribution in [0, 0.1) is 0 Å². The van der Waals surface area contributed by atoms with Crippen LogP contribution in [0.25, 0.3) is 0 Å². The minimum atomic E-state index is -3.61. The van der Waals surface area contributed by atoms with Crippen LogP contribution in [0.15, 0.2) is 60.7 Å². The Bertz CT molecular complexity index is 2260. The van der Waals surface area contributed by atoms with E-state index in [-0.39, 0.29) is 34.9 Å². The van der Waals surface area contributed by atoms with Gasteiger partial charge in [0.25, 0.3) is 11.8 Å². The fourth-order valence-corrected chi connectivity index (χ4v) is 11.3. The second-order valence-corrected chi connectivity index (χ2v) is 20.2. The molecule has 8 rings (SSSR count). The number of sulfone groups is 1. The van der Waals surface area contributed by atoms with E-state index in [2.05, 4.69) is 49.6 Å². The van der Waals surface area contributed by atoms with Crippen molar-refractivity contribution in [1.82, 2.24) is 24.9 Å². The summed E-state index contributed by atoms with van der Waals surface area (Å²) in [5, 5.41) is 6.08. The van der Waals surface area contributed by atoms with Crippen LogP contribution in [0.2, 0.25) is 0 Å². The predicted molar refractivity (Wildman–Crippen MR) is 241 cm³/mol. The molecule has 0 saturated carbocycles. The van der Waals surface area contributed by atoms with Crippen LogP contribution in [0.3, 0.4) is 0 Å². The number of nitrogens with one attached hydrogen (secondary N) is 2. The van der Waals surface area contributed by atoms with Gasteiger partial charge in [-0.2, -0.15) is 0 Å². The molecule has 0 radical (unpaired) electrons. The van der Waals surface area contributed by atoms with E-state index >= 15 is 0 Å². The number of amides is 4. The highest BCUT2D eigenvalue weighted by Gasteiger charge is 2.44. The number of likely N-dealkylation sites (tertiary alicyclic amines) is 3. The van der Waals surface area contributed by atoms with Crippen LogP contribution in [0.5, 0.6) is 11.5 Å². The van der Waals surface area contributed by atoms with Crippen LogP contribution >= 0.6 is 0 Å². The third-order valence-corrected chi connectivity index (χ3v) is 14.8. The molecular formula is C48H62N6O8S. The van der Waals surface area contributed by atoms with Crippen molar-refractivity contribution in [2.45, 2.75) is 88.3 Å². The Morgan fingerprint density at radius 2 is 1.44 bits per heavy atom. The Labute approximate surface area is 371 Å². The molecule has 4 saturated heterocycles. The normalized spacial score (nSPS) is 22.0. The van der Waals surface area contributed by atoms with Gasteiger partial charge in [-0.15, -0.1) is 0 Å². The highest BCUT2D eigenvalue weighted by Crippen LogP contribution is 2.39. The van der Waals surface area contributed by atoms with Crippen molar-refractivity contribution in [2.24, 2.45) is 0 Å². The smallest absolute Gasteiger partial charge is 0.264 e. The molecule has 5 heterocycles. The standard InChI is InChI=1S/C48H62N6O8S/c1-4-62-43-30-35(12-14-42(43)61-2)41(31-63(3,59)60)54-47(57)39-6-5-7-40(45(39)48(54)58)49-36-18-26-53(27-19-36)37-20-24-52(25-21-37)29-28-51-22-16-33(17-23-51)32-8-10-34(11-9-32)38-13-15-44(55)50-46(38)56/h5-12,14,30,33,36-38,41,49H,4,13,15-29,31H2,1-3H3,(H,50,55,56)/t38?,41-/m1/s1. The van der Waals surface area contributed by atoms with Gasteiger partial charge in [0.2, 0.25) is 11.8 Å². The van der Waals surface area contributed by atoms with Gasteiger partial charge in [-0.3, -0.25) is 29.4 Å². The summed E-state index contributed by atoms with van der Waals surface area (Å²) in [6, 6.07) is 18.4. The number of methoxy groups -OCH3 is 1. The van der Waals surface area contributed by atoms with Gasteiger partial charge in [-0.25, -0.2) is 8.42 Å². The molecule has 1 unspecified atom stereocenters. The zero-order valence-corrected chi connectivity index (χ0v) is 37.7. The van der Waals surface area contributed by atoms with Gasteiger partial charge in [-0.05, 0) is 125 Å². The molecule has 63 heavy (non-hydrogen) atoms. The number of carbonyl (C=O) groups excluding carboxylic acids is 4. The summed E-state index contributed by atoms with van der Waals surface area (Å²) in [6.45, 7) is 10.7. The van der Waals surface area contributed by atoms with Gasteiger partial charge in [0.1, 0.15) is 9.84 Å². The second kappa shape index (κ2) is 19.5. The highest BCUT2D eigenvalue weighted by atomic mass is 32.2. The van der Waals surface area contributed by atoms with Crippen molar-refractivity contribution >= 4 is 39.2 Å². The van der Waals surface area contributed by atoms with Crippen LogP contribution in [0.4, 0.5) is 5.69 Å². The molecule has 2 N–H and O–H groups in total. The Morgan fingerprint density at radius 1 is 0.778 bits per heavy atom. The van der Waals surface area contributed by atoms with E-state index in [4.69, 9.17) is 9.47 Å². The summed E-state index contributed by atoms with van der Waals surface area (Å²) in [6.07, 6.45) is 8.50. The molecule has 0 bridgehead atoms. The van der Waals surface area contributed by atoms with E-state index in [0.717, 1.165) is 108 Å². The molecular weight excluding hydrogens is 821 g/mol. The van der Waals surface area contributed by atoms with Crippen LogP contribution in [-0.2, 0) is 19.4 Å². The molecule has 3 aromatic rings. The minimum absolute atomic E-state index is 0.133. The Hall–Kier alpha value is -4.83. The van der Waals surface area contributed by atoms with Crippen molar-refractivity contribution < 1.29 is 37.1 Å². The first kappa shape index (κ1) is 44.8. The van der Waals surface area contributed by atoms with E-state index in [9.17, 15) is 27.6 Å². The first-order chi connectivity index (χ1) is 30.4. The van der Waals surface area contributed by atoms with E-state index in [1.54, 1.807) is 30.3 Å². The highest BCUT2D eigenvalue weighted by molar-refractivity contribution is 7.90. The molecule has 0 spiro atoms. The lowest BCUT2D eigenvalue weighted by atomic mass is 9.86. The number of piperidine rings is 4. The number of hydrogen-bond donors (Lipinski definition) is 2. The van der Waals surface area contributed by atoms with Crippen molar-refractivity contribution in [3.8, 4) is 11.5 Å². The third-order valence-electron chi connectivity index (χ3n) is 13.9. The van der Waals surface area contributed by atoms with Gasteiger partial charge < -0.3 is 29.5 Å². The van der Waals surface area contributed by atoms with Gasteiger partial charge in [0.15, 0.2) is 11.5 Å². The fourth-order valence-electron chi connectivity index (χ4n) is 10.4. The number of fused-ring (bicyclic) bond motifs is 1. The first-order valence-electron chi connectivity index (χ1n) is 22.8. The Morgan fingerprint density at radius 3 is 2.08 bits per heavy atom. The number of ether oxygens (including phenoxy) is 2. The summed E-state index contributed by atoms with van der Waals surface area (Å²) in [7, 11) is -2.10. The number of rotatable bonds is 15. The largest absolute Gasteiger partial charge is 0.493 e. The number of imide groups is 2. The molecule has 15 heteroatoms. The number of hydrogen-bond acceptors (Lipinski definition) is 12. The maximum absolute atomic E-state index is 14.2. The number of carbonyl (C=O) groups is 4.